The lowest BCUT2D eigenvalue weighted by Gasteiger charge is -2.15. The van der Waals surface area contributed by atoms with Crippen LogP contribution in [0.4, 0.5) is 0 Å². The molecule has 20 heavy (non-hydrogen) atoms. The van der Waals surface area contributed by atoms with Crippen LogP contribution in [-0.4, -0.2) is 53.1 Å². The highest BCUT2D eigenvalue weighted by Gasteiger charge is 2.16. The molecule has 0 aromatic carbocycles. The van der Waals surface area contributed by atoms with Crippen LogP contribution in [0.1, 0.15) is 32.1 Å². The lowest BCUT2D eigenvalue weighted by Crippen LogP contribution is -2.20. The van der Waals surface area contributed by atoms with Crippen molar-refractivity contribution in [3.05, 3.63) is 0 Å². The van der Waals surface area contributed by atoms with Crippen molar-refractivity contribution >= 4 is 26.2 Å². The Bertz CT molecular complexity index is 493. The predicted molar refractivity (Wildman–Crippen MR) is 71.2 cm³/mol. The van der Waals surface area contributed by atoms with E-state index in [-0.39, 0.29) is 19.4 Å². The van der Waals surface area contributed by atoms with Crippen LogP contribution in [0.3, 0.4) is 0 Å². The standard InChI is InChI=1S/C10H20O8S2/c1-19(13,14)17-8-7-9(18-20(2,15)16)5-3-4-6-10(11)12/h9H,3-8H2,1-2H3,(H,11,12)/t9-/m0/s1. The van der Waals surface area contributed by atoms with E-state index in [4.69, 9.17) is 9.29 Å². The Hall–Kier alpha value is -0.710. The summed E-state index contributed by atoms with van der Waals surface area (Å²) >= 11 is 0. The van der Waals surface area contributed by atoms with Crippen molar-refractivity contribution in [1.82, 2.24) is 0 Å². The largest absolute Gasteiger partial charge is 0.481 e. The summed E-state index contributed by atoms with van der Waals surface area (Å²) in [5.41, 5.74) is 0. The zero-order chi connectivity index (χ0) is 15.8. The van der Waals surface area contributed by atoms with Crippen LogP contribution in [0.2, 0.25) is 0 Å². The van der Waals surface area contributed by atoms with E-state index >= 15 is 0 Å². The topological polar surface area (TPSA) is 124 Å². The average molecular weight is 332 g/mol. The minimum Gasteiger partial charge on any atom is -0.481 e. The van der Waals surface area contributed by atoms with E-state index in [0.717, 1.165) is 12.5 Å². The van der Waals surface area contributed by atoms with Gasteiger partial charge in [-0.3, -0.25) is 13.2 Å². The first-order chi connectivity index (χ1) is 8.99. The number of carbonyl (C=O) groups is 1. The van der Waals surface area contributed by atoms with Crippen molar-refractivity contribution in [1.29, 1.82) is 0 Å². The Balaban J connectivity index is 4.24. The molecule has 0 aliphatic heterocycles. The predicted octanol–water partition coefficient (Wildman–Crippen LogP) is 0.342. The SMILES string of the molecule is CS(=O)(=O)OCC[C@H](CCCCC(=O)O)OS(C)(=O)=O. The smallest absolute Gasteiger partial charge is 0.303 e. The summed E-state index contributed by atoms with van der Waals surface area (Å²) in [5.74, 6) is -0.925. The molecule has 0 saturated heterocycles. The van der Waals surface area contributed by atoms with Gasteiger partial charge in [-0.1, -0.05) is 6.42 Å². The summed E-state index contributed by atoms with van der Waals surface area (Å²) in [7, 11) is -7.25. The molecule has 0 radical (unpaired) electrons. The van der Waals surface area contributed by atoms with Gasteiger partial charge in [0.1, 0.15) is 0 Å². The first-order valence-electron chi connectivity index (χ1n) is 5.94. The molecule has 0 saturated carbocycles. The highest BCUT2D eigenvalue weighted by Crippen LogP contribution is 2.13. The third-order valence-electron chi connectivity index (χ3n) is 2.21. The van der Waals surface area contributed by atoms with Crippen LogP contribution in [0.15, 0.2) is 0 Å². The van der Waals surface area contributed by atoms with Crippen molar-refractivity contribution < 1.29 is 35.1 Å². The van der Waals surface area contributed by atoms with Gasteiger partial charge in [-0.2, -0.15) is 16.8 Å². The fourth-order valence-corrected chi connectivity index (χ4v) is 2.55. The van der Waals surface area contributed by atoms with E-state index in [9.17, 15) is 21.6 Å². The molecule has 120 valence electrons. The van der Waals surface area contributed by atoms with Gasteiger partial charge in [-0.05, 0) is 19.3 Å². The maximum atomic E-state index is 11.1. The van der Waals surface area contributed by atoms with Gasteiger partial charge in [-0.15, -0.1) is 0 Å². The Kier molecular flexibility index (Phi) is 8.25. The monoisotopic (exact) mass is 332 g/mol. The molecule has 0 fully saturated rings. The minimum atomic E-state index is -3.66. The molecule has 0 bridgehead atoms. The third kappa shape index (κ3) is 13.7. The maximum absolute atomic E-state index is 11.1. The van der Waals surface area contributed by atoms with Crippen LogP contribution in [0, 0.1) is 0 Å². The molecule has 10 heteroatoms. The van der Waals surface area contributed by atoms with Crippen LogP contribution < -0.4 is 0 Å². The summed E-state index contributed by atoms with van der Waals surface area (Å²) in [6.45, 7) is -0.183. The summed E-state index contributed by atoms with van der Waals surface area (Å²) in [5, 5.41) is 8.48. The Morgan fingerprint density at radius 2 is 1.65 bits per heavy atom. The molecule has 0 aromatic heterocycles. The van der Waals surface area contributed by atoms with Gasteiger partial charge in [0.15, 0.2) is 0 Å². The highest BCUT2D eigenvalue weighted by molar-refractivity contribution is 7.86. The second kappa shape index (κ2) is 8.55. The van der Waals surface area contributed by atoms with E-state index in [0.29, 0.717) is 19.3 Å². The summed E-state index contributed by atoms with van der Waals surface area (Å²) in [6.07, 6.45) is 2.32. The minimum absolute atomic E-state index is 0.00850. The van der Waals surface area contributed by atoms with Crippen molar-refractivity contribution in [2.24, 2.45) is 0 Å². The molecule has 1 atom stereocenters. The second-order valence-electron chi connectivity index (χ2n) is 4.38. The van der Waals surface area contributed by atoms with E-state index in [1.165, 1.54) is 0 Å². The summed E-state index contributed by atoms with van der Waals surface area (Å²) in [4.78, 5) is 10.3. The lowest BCUT2D eigenvalue weighted by atomic mass is 10.1. The van der Waals surface area contributed by atoms with Gasteiger partial charge in [0, 0.05) is 6.42 Å². The number of aliphatic carboxylic acids is 1. The third-order valence-corrected chi connectivity index (χ3v) is 3.43. The van der Waals surface area contributed by atoms with E-state index in [1.807, 2.05) is 0 Å². The molecule has 0 amide bonds. The second-order valence-corrected chi connectivity index (χ2v) is 7.62. The first-order valence-corrected chi connectivity index (χ1v) is 9.57. The molecule has 0 spiro atoms. The quantitative estimate of drug-likeness (QED) is 0.424. The molecule has 0 unspecified atom stereocenters. The number of hydrogen-bond acceptors (Lipinski definition) is 7. The number of carboxylic acid groups (broad SMARTS) is 1. The summed E-state index contributed by atoms with van der Waals surface area (Å²) in [6, 6.07) is 0. The number of carboxylic acids is 1. The van der Waals surface area contributed by atoms with Gasteiger partial charge in [0.05, 0.1) is 25.2 Å². The van der Waals surface area contributed by atoms with Gasteiger partial charge in [0.2, 0.25) is 0 Å². The van der Waals surface area contributed by atoms with Gasteiger partial charge in [0.25, 0.3) is 20.2 Å². The molecular weight excluding hydrogens is 312 g/mol. The van der Waals surface area contributed by atoms with Gasteiger partial charge in [-0.25, -0.2) is 0 Å². The van der Waals surface area contributed by atoms with Crippen LogP contribution in [-0.2, 0) is 33.4 Å². The normalized spacial score (nSPS) is 14.1. The molecule has 0 heterocycles. The highest BCUT2D eigenvalue weighted by atomic mass is 32.2. The zero-order valence-corrected chi connectivity index (χ0v) is 13.1. The van der Waals surface area contributed by atoms with Crippen LogP contribution in [0.25, 0.3) is 0 Å². The van der Waals surface area contributed by atoms with Crippen molar-refractivity contribution in [3.63, 3.8) is 0 Å². The van der Waals surface area contributed by atoms with Crippen molar-refractivity contribution in [3.8, 4) is 0 Å². The van der Waals surface area contributed by atoms with Gasteiger partial charge < -0.3 is 5.11 Å². The molecule has 1 N–H and O–H groups in total. The van der Waals surface area contributed by atoms with E-state index in [2.05, 4.69) is 4.18 Å². The Morgan fingerprint density at radius 1 is 1.05 bits per heavy atom. The average Bonchev–Trinajstić information content (AvgIpc) is 2.19. The molecule has 0 aromatic rings. The lowest BCUT2D eigenvalue weighted by molar-refractivity contribution is -0.137. The molecule has 0 rings (SSSR count). The number of unbranched alkanes of at least 4 members (excludes halogenated alkanes) is 1. The fraction of sp³-hybridized carbons (Fsp3) is 0.900. The van der Waals surface area contributed by atoms with Crippen LogP contribution in [0.5, 0.6) is 0 Å². The zero-order valence-electron chi connectivity index (χ0n) is 11.4. The van der Waals surface area contributed by atoms with Crippen LogP contribution >= 0.6 is 0 Å². The van der Waals surface area contributed by atoms with Gasteiger partial charge >= 0.3 is 5.97 Å². The molecule has 0 aliphatic carbocycles. The van der Waals surface area contributed by atoms with E-state index in [1.54, 1.807) is 0 Å². The molecular formula is C10H20O8S2. The molecule has 8 nitrogen and oxygen atoms in total. The first kappa shape index (κ1) is 19.3. The Labute approximate surface area is 119 Å². The number of rotatable bonds is 11. The maximum Gasteiger partial charge on any atom is 0.303 e. The van der Waals surface area contributed by atoms with E-state index < -0.39 is 32.3 Å². The number of hydrogen-bond donors (Lipinski definition) is 1. The van der Waals surface area contributed by atoms with Crippen molar-refractivity contribution in [2.45, 2.75) is 38.2 Å². The summed E-state index contributed by atoms with van der Waals surface area (Å²) < 4.78 is 53.0. The Morgan fingerprint density at radius 3 is 2.10 bits per heavy atom. The molecule has 0 aliphatic rings. The van der Waals surface area contributed by atoms with Crippen molar-refractivity contribution in [2.75, 3.05) is 19.1 Å². The fourth-order valence-electron chi connectivity index (χ4n) is 1.47.